The van der Waals surface area contributed by atoms with Crippen LogP contribution in [0.15, 0.2) is 48.5 Å². The van der Waals surface area contributed by atoms with Gasteiger partial charge in [0.15, 0.2) is 0 Å². The lowest BCUT2D eigenvalue weighted by Gasteiger charge is -2.06. The molecule has 0 fully saturated rings. The summed E-state index contributed by atoms with van der Waals surface area (Å²) in [5.41, 5.74) is 6.18. The van der Waals surface area contributed by atoms with Gasteiger partial charge in [-0.2, -0.15) is 0 Å². The van der Waals surface area contributed by atoms with E-state index in [0.29, 0.717) is 13.0 Å². The van der Waals surface area contributed by atoms with E-state index in [-0.39, 0.29) is 23.4 Å². The van der Waals surface area contributed by atoms with Crippen LogP contribution in [0.2, 0.25) is 0 Å². The van der Waals surface area contributed by atoms with Crippen LogP contribution >= 0.6 is 0 Å². The van der Waals surface area contributed by atoms with E-state index in [1.165, 1.54) is 12.1 Å². The lowest BCUT2D eigenvalue weighted by molar-refractivity contribution is 0.0698. The van der Waals surface area contributed by atoms with E-state index in [0.717, 1.165) is 11.6 Å². The average molecular weight is 358 g/mol. The average Bonchev–Trinajstić information content (AvgIpc) is 2.61. The maximum Gasteiger partial charge on any atom is 0.407 e. The van der Waals surface area contributed by atoms with E-state index in [1.807, 2.05) is 30.3 Å². The zero-order valence-electron chi connectivity index (χ0n) is 13.9. The van der Waals surface area contributed by atoms with Crippen LogP contribution in [-0.4, -0.2) is 23.7 Å². The molecule has 136 valence electrons. The normalized spacial score (nSPS) is 10.7. The number of hydrogen-bond acceptors (Lipinski definition) is 4. The Morgan fingerprint density at radius 1 is 1.23 bits per heavy atom. The molecule has 7 heteroatoms. The molecule has 2 aromatic carbocycles. The number of carboxylic acids is 1. The van der Waals surface area contributed by atoms with E-state index >= 15 is 0 Å². The molecule has 2 aromatic rings. The number of carbonyl (C=O) groups is 2. The quantitative estimate of drug-likeness (QED) is 0.520. The number of anilines is 1. The second kappa shape index (κ2) is 9.22. The van der Waals surface area contributed by atoms with Crippen LogP contribution in [0.3, 0.4) is 0 Å². The number of carboxylic acid groups (broad SMARTS) is 1. The predicted octanol–water partition coefficient (Wildman–Crippen LogP) is 3.44. The lowest BCUT2D eigenvalue weighted by atomic mass is 10.1. The number of nitrogen functional groups attached to an aromatic ring is 1. The Labute approximate surface area is 150 Å². The summed E-state index contributed by atoms with van der Waals surface area (Å²) in [5.74, 6) is -1.83. The molecule has 1 amide bonds. The molecule has 2 rings (SSSR count). The molecule has 6 nitrogen and oxygen atoms in total. The lowest BCUT2D eigenvalue weighted by Crippen LogP contribution is -2.24. The molecular formula is C19H19FN2O4. The van der Waals surface area contributed by atoms with Crippen LogP contribution in [0, 0.1) is 5.82 Å². The Morgan fingerprint density at radius 3 is 2.65 bits per heavy atom. The Kier molecular flexibility index (Phi) is 6.73. The van der Waals surface area contributed by atoms with Crippen LogP contribution in [0.1, 0.15) is 27.9 Å². The SMILES string of the molecule is Nc1cc(F)c(C=CCCNC(=O)OCc2ccccc2)cc1C(=O)O. The molecule has 0 aromatic heterocycles. The van der Waals surface area contributed by atoms with Crippen molar-refractivity contribution < 1.29 is 23.8 Å². The fourth-order valence-electron chi connectivity index (χ4n) is 2.16. The van der Waals surface area contributed by atoms with E-state index in [2.05, 4.69) is 5.32 Å². The van der Waals surface area contributed by atoms with Gasteiger partial charge in [0, 0.05) is 17.8 Å². The molecule has 26 heavy (non-hydrogen) atoms. The number of hydrogen-bond donors (Lipinski definition) is 3. The van der Waals surface area contributed by atoms with Gasteiger partial charge in [-0.3, -0.25) is 0 Å². The molecule has 0 atom stereocenters. The minimum absolute atomic E-state index is 0.114. The molecule has 4 N–H and O–H groups in total. The van der Waals surface area contributed by atoms with Crippen molar-refractivity contribution in [2.45, 2.75) is 13.0 Å². The first kappa shape index (κ1) is 19.0. The molecule has 0 unspecified atom stereocenters. The van der Waals surface area contributed by atoms with Gasteiger partial charge in [0.25, 0.3) is 0 Å². The summed E-state index contributed by atoms with van der Waals surface area (Å²) < 4.78 is 18.8. The highest BCUT2D eigenvalue weighted by molar-refractivity contribution is 5.94. The Hall–Kier alpha value is -3.35. The first-order chi connectivity index (χ1) is 12.5. The Bertz CT molecular complexity index is 807. The predicted molar refractivity (Wildman–Crippen MR) is 96.1 cm³/mol. The van der Waals surface area contributed by atoms with Gasteiger partial charge in [0.2, 0.25) is 0 Å². The Balaban J connectivity index is 1.78. The molecule has 0 aliphatic carbocycles. The van der Waals surface area contributed by atoms with Crippen molar-refractivity contribution in [1.82, 2.24) is 5.32 Å². The van der Waals surface area contributed by atoms with E-state index in [9.17, 15) is 14.0 Å². The number of alkyl carbamates (subject to hydrolysis) is 1. The summed E-state index contributed by atoms with van der Waals surface area (Å²) in [7, 11) is 0. The number of halogens is 1. The fraction of sp³-hybridized carbons (Fsp3) is 0.158. The van der Waals surface area contributed by atoms with E-state index < -0.39 is 17.9 Å². The van der Waals surface area contributed by atoms with Gasteiger partial charge >= 0.3 is 12.1 Å². The van der Waals surface area contributed by atoms with Gasteiger partial charge in [-0.1, -0.05) is 42.5 Å². The van der Waals surface area contributed by atoms with Crippen molar-refractivity contribution in [2.75, 3.05) is 12.3 Å². The fourth-order valence-corrected chi connectivity index (χ4v) is 2.16. The van der Waals surface area contributed by atoms with Crippen LogP contribution in [0.4, 0.5) is 14.9 Å². The highest BCUT2D eigenvalue weighted by Gasteiger charge is 2.11. The molecule has 0 aliphatic heterocycles. The number of aromatic carboxylic acids is 1. The third-order valence-electron chi connectivity index (χ3n) is 3.49. The summed E-state index contributed by atoms with van der Waals surface area (Å²) in [6.45, 7) is 0.476. The van der Waals surface area contributed by atoms with Crippen LogP contribution < -0.4 is 11.1 Å². The molecule has 0 radical (unpaired) electrons. The standard InChI is InChI=1S/C19H19FN2O4/c20-16-11-17(21)15(18(23)24)10-14(16)8-4-5-9-22-19(25)26-12-13-6-2-1-3-7-13/h1-4,6-8,10-11H,5,9,12,21H2,(H,22,25)(H,23,24). The second-order valence-electron chi connectivity index (χ2n) is 5.45. The van der Waals surface area contributed by atoms with Crippen molar-refractivity contribution in [3.63, 3.8) is 0 Å². The Morgan fingerprint density at radius 2 is 1.96 bits per heavy atom. The maximum absolute atomic E-state index is 13.8. The van der Waals surface area contributed by atoms with Gasteiger partial charge in [0.1, 0.15) is 12.4 Å². The van der Waals surface area contributed by atoms with Gasteiger partial charge < -0.3 is 20.9 Å². The van der Waals surface area contributed by atoms with Crippen LogP contribution in [0.5, 0.6) is 0 Å². The van der Waals surface area contributed by atoms with Gasteiger partial charge in [-0.05, 0) is 24.1 Å². The minimum Gasteiger partial charge on any atom is -0.478 e. The topological polar surface area (TPSA) is 102 Å². The third kappa shape index (κ3) is 5.62. The van der Waals surface area contributed by atoms with Crippen molar-refractivity contribution in [3.05, 3.63) is 71.0 Å². The van der Waals surface area contributed by atoms with Crippen molar-refractivity contribution >= 4 is 23.8 Å². The van der Waals surface area contributed by atoms with Gasteiger partial charge in [-0.15, -0.1) is 0 Å². The van der Waals surface area contributed by atoms with Crippen molar-refractivity contribution in [1.29, 1.82) is 0 Å². The molecular weight excluding hydrogens is 339 g/mol. The summed E-state index contributed by atoms with van der Waals surface area (Å²) in [6, 6.07) is 11.4. The van der Waals surface area contributed by atoms with Crippen LogP contribution in [0.25, 0.3) is 6.08 Å². The molecule has 0 aliphatic rings. The summed E-state index contributed by atoms with van der Waals surface area (Å²) >= 11 is 0. The number of nitrogens with one attached hydrogen (secondary N) is 1. The number of rotatable bonds is 7. The highest BCUT2D eigenvalue weighted by atomic mass is 19.1. The largest absolute Gasteiger partial charge is 0.478 e. The second-order valence-corrected chi connectivity index (χ2v) is 5.45. The van der Waals surface area contributed by atoms with E-state index in [1.54, 1.807) is 6.08 Å². The number of benzene rings is 2. The van der Waals surface area contributed by atoms with Gasteiger partial charge in [0.05, 0.1) is 5.56 Å². The summed E-state index contributed by atoms with van der Waals surface area (Å²) in [4.78, 5) is 22.6. The zero-order valence-corrected chi connectivity index (χ0v) is 13.9. The first-order valence-corrected chi connectivity index (χ1v) is 7.91. The first-order valence-electron chi connectivity index (χ1n) is 7.91. The smallest absolute Gasteiger partial charge is 0.407 e. The molecule has 0 bridgehead atoms. The molecule has 0 heterocycles. The van der Waals surface area contributed by atoms with E-state index in [4.69, 9.17) is 15.6 Å². The van der Waals surface area contributed by atoms with Crippen LogP contribution in [-0.2, 0) is 11.3 Å². The minimum atomic E-state index is -1.22. The summed E-state index contributed by atoms with van der Waals surface area (Å²) in [5, 5.41) is 11.6. The number of nitrogens with two attached hydrogens (primary N) is 1. The summed E-state index contributed by atoms with van der Waals surface area (Å²) in [6.07, 6.45) is 2.94. The number of amides is 1. The molecule has 0 spiro atoms. The third-order valence-corrected chi connectivity index (χ3v) is 3.49. The highest BCUT2D eigenvalue weighted by Crippen LogP contribution is 2.19. The maximum atomic E-state index is 13.8. The number of carbonyl (C=O) groups excluding carboxylic acids is 1. The van der Waals surface area contributed by atoms with Crippen molar-refractivity contribution in [3.8, 4) is 0 Å². The zero-order chi connectivity index (χ0) is 18.9. The van der Waals surface area contributed by atoms with Crippen molar-refractivity contribution in [2.24, 2.45) is 0 Å². The molecule has 0 saturated carbocycles. The van der Waals surface area contributed by atoms with Gasteiger partial charge in [-0.25, -0.2) is 14.0 Å². The monoisotopic (exact) mass is 358 g/mol. The molecule has 0 saturated heterocycles. The number of ether oxygens (including phenoxy) is 1.